The van der Waals surface area contributed by atoms with Gasteiger partial charge in [-0.3, -0.25) is 0 Å². The Morgan fingerprint density at radius 1 is 1.11 bits per heavy atom. The molecule has 2 aromatic rings. The van der Waals surface area contributed by atoms with E-state index in [1.54, 1.807) is 13.2 Å². The minimum absolute atomic E-state index is 0.303. The van der Waals surface area contributed by atoms with Crippen LogP contribution in [0.4, 0.5) is 5.69 Å². The van der Waals surface area contributed by atoms with Crippen molar-refractivity contribution < 1.29 is 14.3 Å². The fourth-order valence-electron chi connectivity index (χ4n) is 2.16. The smallest absolute Gasteiger partial charge is 0.340 e. The van der Waals surface area contributed by atoms with Gasteiger partial charge in [-0.05, 0) is 18.2 Å². The van der Waals surface area contributed by atoms with Crippen LogP contribution in [0.25, 0.3) is 0 Å². The van der Waals surface area contributed by atoms with E-state index in [0.717, 1.165) is 11.3 Å². The molecule has 0 radical (unpaired) electrons. The third-order valence-corrected chi connectivity index (χ3v) is 3.08. The van der Waals surface area contributed by atoms with Crippen LogP contribution in [0.15, 0.2) is 48.5 Å². The molecule has 0 amide bonds. The van der Waals surface area contributed by atoms with E-state index in [2.05, 4.69) is 5.32 Å². The molecule has 0 aliphatic carbocycles. The van der Waals surface area contributed by atoms with Crippen molar-refractivity contribution in [3.63, 3.8) is 0 Å². The van der Waals surface area contributed by atoms with Crippen molar-refractivity contribution in [3.05, 3.63) is 59.7 Å². The minimum atomic E-state index is -0.472. The van der Waals surface area contributed by atoms with Gasteiger partial charge in [0.15, 0.2) is 0 Å². The molecule has 0 bridgehead atoms. The number of benzene rings is 2. The molecular formula is C15H13NO3. The number of rotatable bonds is 3. The van der Waals surface area contributed by atoms with E-state index in [-0.39, 0.29) is 5.97 Å². The van der Waals surface area contributed by atoms with E-state index in [4.69, 9.17) is 9.47 Å². The zero-order chi connectivity index (χ0) is 13.2. The van der Waals surface area contributed by atoms with Crippen LogP contribution in [0.5, 0.6) is 5.75 Å². The van der Waals surface area contributed by atoms with Gasteiger partial charge >= 0.3 is 5.97 Å². The standard InChI is InChI=1S/C15H13NO3/c1-18-13-9-5-4-8-12(13)16-14-10-6-2-3-7-11(10)15(17)19-14/h2-9,14,16H,1H3. The van der Waals surface area contributed by atoms with Gasteiger partial charge in [0.05, 0.1) is 18.4 Å². The normalized spacial score (nSPS) is 16.7. The van der Waals surface area contributed by atoms with Crippen LogP contribution < -0.4 is 10.1 Å². The summed E-state index contributed by atoms with van der Waals surface area (Å²) in [6, 6.07) is 14.9. The van der Waals surface area contributed by atoms with Gasteiger partial charge in [-0.25, -0.2) is 4.79 Å². The number of fused-ring (bicyclic) bond motifs is 1. The number of cyclic esters (lactones) is 1. The van der Waals surface area contributed by atoms with Gasteiger partial charge in [-0.2, -0.15) is 0 Å². The largest absolute Gasteiger partial charge is 0.495 e. The minimum Gasteiger partial charge on any atom is -0.495 e. The summed E-state index contributed by atoms with van der Waals surface area (Å²) in [6.45, 7) is 0. The molecule has 1 aliphatic rings. The number of nitrogens with one attached hydrogen (secondary N) is 1. The van der Waals surface area contributed by atoms with Gasteiger partial charge in [0.2, 0.25) is 6.23 Å². The lowest BCUT2D eigenvalue weighted by Gasteiger charge is -2.16. The van der Waals surface area contributed by atoms with E-state index in [0.29, 0.717) is 11.3 Å². The van der Waals surface area contributed by atoms with E-state index in [9.17, 15) is 4.79 Å². The van der Waals surface area contributed by atoms with Crippen molar-refractivity contribution in [2.24, 2.45) is 0 Å². The van der Waals surface area contributed by atoms with Crippen molar-refractivity contribution >= 4 is 11.7 Å². The number of methoxy groups -OCH3 is 1. The van der Waals surface area contributed by atoms with Gasteiger partial charge in [0.1, 0.15) is 5.75 Å². The van der Waals surface area contributed by atoms with Crippen LogP contribution in [0.2, 0.25) is 0 Å². The van der Waals surface area contributed by atoms with E-state index in [1.807, 2.05) is 42.5 Å². The summed E-state index contributed by atoms with van der Waals surface area (Å²) in [5.41, 5.74) is 2.24. The molecule has 19 heavy (non-hydrogen) atoms. The van der Waals surface area contributed by atoms with Crippen molar-refractivity contribution in [3.8, 4) is 5.75 Å². The maximum atomic E-state index is 11.7. The van der Waals surface area contributed by atoms with Gasteiger partial charge in [-0.15, -0.1) is 0 Å². The number of hydrogen-bond donors (Lipinski definition) is 1. The lowest BCUT2D eigenvalue weighted by atomic mass is 10.1. The summed E-state index contributed by atoms with van der Waals surface area (Å²) in [6.07, 6.45) is -0.472. The Kier molecular flexibility index (Phi) is 2.83. The number of ether oxygens (including phenoxy) is 2. The zero-order valence-electron chi connectivity index (χ0n) is 10.4. The summed E-state index contributed by atoms with van der Waals surface area (Å²) in [7, 11) is 1.61. The zero-order valence-corrected chi connectivity index (χ0v) is 10.4. The van der Waals surface area contributed by atoms with Gasteiger partial charge < -0.3 is 14.8 Å². The molecule has 3 rings (SSSR count). The van der Waals surface area contributed by atoms with Crippen LogP contribution in [0.1, 0.15) is 22.1 Å². The molecule has 1 atom stereocenters. The highest BCUT2D eigenvalue weighted by Gasteiger charge is 2.30. The molecule has 1 heterocycles. The maximum Gasteiger partial charge on any atom is 0.340 e. The van der Waals surface area contributed by atoms with Gasteiger partial charge in [0, 0.05) is 5.56 Å². The molecular weight excluding hydrogens is 242 g/mol. The van der Waals surface area contributed by atoms with Crippen LogP contribution in [-0.4, -0.2) is 13.1 Å². The van der Waals surface area contributed by atoms with E-state index < -0.39 is 6.23 Å². The number of anilines is 1. The van der Waals surface area contributed by atoms with Gasteiger partial charge in [-0.1, -0.05) is 30.3 Å². The highest BCUT2D eigenvalue weighted by Crippen LogP contribution is 2.34. The predicted octanol–water partition coefficient (Wildman–Crippen LogP) is 2.98. The molecule has 96 valence electrons. The highest BCUT2D eigenvalue weighted by molar-refractivity contribution is 5.94. The number of para-hydroxylation sites is 2. The lowest BCUT2D eigenvalue weighted by molar-refractivity contribution is 0.0436. The fourth-order valence-corrected chi connectivity index (χ4v) is 2.16. The average Bonchev–Trinajstić information content (AvgIpc) is 2.77. The summed E-state index contributed by atoms with van der Waals surface area (Å²) in [5, 5.41) is 3.18. The number of esters is 1. The third-order valence-electron chi connectivity index (χ3n) is 3.08. The highest BCUT2D eigenvalue weighted by atomic mass is 16.6. The molecule has 1 unspecified atom stereocenters. The Hall–Kier alpha value is -2.49. The second kappa shape index (κ2) is 4.65. The summed E-state index contributed by atoms with van der Waals surface area (Å²) in [4.78, 5) is 11.7. The topological polar surface area (TPSA) is 47.6 Å². The number of hydrogen-bond acceptors (Lipinski definition) is 4. The van der Waals surface area contributed by atoms with Crippen LogP contribution in [0, 0.1) is 0 Å². The quantitative estimate of drug-likeness (QED) is 0.856. The SMILES string of the molecule is COc1ccccc1NC1OC(=O)c2ccccc21. The summed E-state index contributed by atoms with van der Waals surface area (Å²) < 4.78 is 10.6. The lowest BCUT2D eigenvalue weighted by Crippen LogP contribution is -2.10. The maximum absolute atomic E-state index is 11.7. The molecule has 4 heteroatoms. The Labute approximate surface area is 111 Å². The number of carbonyl (C=O) groups excluding carboxylic acids is 1. The monoisotopic (exact) mass is 255 g/mol. The molecule has 1 N–H and O–H groups in total. The molecule has 0 saturated carbocycles. The van der Waals surface area contributed by atoms with Crippen LogP contribution >= 0.6 is 0 Å². The average molecular weight is 255 g/mol. The van der Waals surface area contributed by atoms with Gasteiger partial charge in [0.25, 0.3) is 0 Å². The molecule has 0 spiro atoms. The second-order valence-corrected chi connectivity index (χ2v) is 4.22. The van der Waals surface area contributed by atoms with E-state index >= 15 is 0 Å². The first-order chi connectivity index (χ1) is 9.29. The molecule has 0 aromatic heterocycles. The first kappa shape index (κ1) is 11.6. The predicted molar refractivity (Wildman–Crippen MR) is 71.2 cm³/mol. The Morgan fingerprint density at radius 3 is 2.68 bits per heavy atom. The molecule has 4 nitrogen and oxygen atoms in total. The molecule has 2 aromatic carbocycles. The molecule has 0 fully saturated rings. The Morgan fingerprint density at radius 2 is 1.84 bits per heavy atom. The van der Waals surface area contributed by atoms with Crippen molar-refractivity contribution in [1.82, 2.24) is 0 Å². The summed E-state index contributed by atoms with van der Waals surface area (Å²) >= 11 is 0. The first-order valence-corrected chi connectivity index (χ1v) is 5.99. The fraction of sp³-hybridized carbons (Fsp3) is 0.133. The second-order valence-electron chi connectivity index (χ2n) is 4.22. The van der Waals surface area contributed by atoms with E-state index in [1.165, 1.54) is 0 Å². The summed E-state index contributed by atoms with van der Waals surface area (Å²) in [5.74, 6) is 0.408. The first-order valence-electron chi connectivity index (χ1n) is 5.99. The Bertz CT molecular complexity index is 624. The van der Waals surface area contributed by atoms with Crippen LogP contribution in [-0.2, 0) is 4.74 Å². The molecule has 1 aliphatic heterocycles. The molecule has 0 saturated heterocycles. The van der Waals surface area contributed by atoms with Crippen LogP contribution in [0.3, 0.4) is 0 Å². The van der Waals surface area contributed by atoms with Crippen molar-refractivity contribution in [2.45, 2.75) is 6.23 Å². The van der Waals surface area contributed by atoms with Crippen molar-refractivity contribution in [2.75, 3.05) is 12.4 Å². The number of carbonyl (C=O) groups is 1. The third kappa shape index (κ3) is 2.01. The Balaban J connectivity index is 1.91. The van der Waals surface area contributed by atoms with Crippen molar-refractivity contribution in [1.29, 1.82) is 0 Å².